The third-order valence-electron chi connectivity index (χ3n) is 4.18. The van der Waals surface area contributed by atoms with Gasteiger partial charge in [-0.25, -0.2) is 4.98 Å². The van der Waals surface area contributed by atoms with Crippen molar-refractivity contribution in [2.45, 2.75) is 32.7 Å². The normalized spacial score (nSPS) is 17.6. The minimum absolute atomic E-state index is 0.122. The predicted molar refractivity (Wildman–Crippen MR) is 84.0 cm³/mol. The lowest BCUT2D eigenvalue weighted by Crippen LogP contribution is -2.25. The second kappa shape index (κ2) is 5.24. The lowest BCUT2D eigenvalue weighted by molar-refractivity contribution is 0.0944. The number of amides is 1. The Balaban J connectivity index is 1.48. The minimum Gasteiger partial charge on any atom is -0.345 e. The van der Waals surface area contributed by atoms with Crippen LogP contribution in [-0.2, 0) is 19.4 Å². The van der Waals surface area contributed by atoms with Gasteiger partial charge in [-0.05, 0) is 25.2 Å². The van der Waals surface area contributed by atoms with E-state index in [2.05, 4.69) is 27.4 Å². The number of imidazole rings is 1. The van der Waals surface area contributed by atoms with E-state index in [-0.39, 0.29) is 5.91 Å². The number of aromatic nitrogens is 4. The van der Waals surface area contributed by atoms with E-state index in [9.17, 15) is 4.79 Å². The molecule has 1 aliphatic rings. The van der Waals surface area contributed by atoms with E-state index >= 15 is 0 Å². The maximum absolute atomic E-state index is 12.4. The summed E-state index contributed by atoms with van der Waals surface area (Å²) in [6, 6.07) is 0. The standard InChI is InChI=1S/C15H17N5OS/c1-9-2-3-12-11(6-9)13(19-18-12)14(21)16-7-10-8-20-4-5-22-15(20)17-10/h4-5,8-9H,2-3,6-7H2,1H3,(H,16,21)(H,18,19)/t9-/m0/s1. The summed E-state index contributed by atoms with van der Waals surface area (Å²) in [5.41, 5.74) is 3.60. The lowest BCUT2D eigenvalue weighted by Gasteiger charge is -2.17. The molecule has 2 N–H and O–H groups in total. The first kappa shape index (κ1) is 13.5. The third kappa shape index (κ3) is 2.31. The number of aryl methyl sites for hydroxylation is 1. The van der Waals surface area contributed by atoms with Crippen LogP contribution in [0, 0.1) is 5.92 Å². The van der Waals surface area contributed by atoms with Crippen molar-refractivity contribution in [1.29, 1.82) is 0 Å². The number of H-pyrrole nitrogens is 1. The molecule has 1 aliphatic carbocycles. The smallest absolute Gasteiger partial charge is 0.272 e. The molecule has 7 heteroatoms. The van der Waals surface area contributed by atoms with Gasteiger partial charge < -0.3 is 5.32 Å². The Hall–Kier alpha value is -2.15. The molecular formula is C15H17N5OS. The molecule has 3 aromatic heterocycles. The maximum atomic E-state index is 12.4. The van der Waals surface area contributed by atoms with E-state index in [1.54, 1.807) is 11.3 Å². The highest BCUT2D eigenvalue weighted by Gasteiger charge is 2.24. The van der Waals surface area contributed by atoms with Crippen molar-refractivity contribution >= 4 is 22.2 Å². The Morgan fingerprint density at radius 3 is 3.36 bits per heavy atom. The van der Waals surface area contributed by atoms with Crippen molar-refractivity contribution in [3.63, 3.8) is 0 Å². The van der Waals surface area contributed by atoms with Crippen LogP contribution in [0.25, 0.3) is 4.96 Å². The van der Waals surface area contributed by atoms with Crippen molar-refractivity contribution < 1.29 is 4.79 Å². The molecule has 0 aromatic carbocycles. The van der Waals surface area contributed by atoms with Gasteiger partial charge in [0.05, 0.1) is 12.2 Å². The van der Waals surface area contributed by atoms with Gasteiger partial charge in [0, 0.05) is 29.0 Å². The first-order chi connectivity index (χ1) is 10.7. The molecule has 3 heterocycles. The van der Waals surface area contributed by atoms with Crippen LogP contribution in [0.5, 0.6) is 0 Å². The molecule has 0 aliphatic heterocycles. The number of rotatable bonds is 3. The number of hydrogen-bond acceptors (Lipinski definition) is 4. The summed E-state index contributed by atoms with van der Waals surface area (Å²) in [5, 5.41) is 12.1. The van der Waals surface area contributed by atoms with E-state index in [4.69, 9.17) is 0 Å². The number of nitrogens with zero attached hydrogens (tertiary/aromatic N) is 3. The number of hydrogen-bond donors (Lipinski definition) is 2. The van der Waals surface area contributed by atoms with Crippen LogP contribution in [0.1, 0.15) is 40.8 Å². The fraction of sp³-hybridized carbons (Fsp3) is 0.400. The van der Waals surface area contributed by atoms with Gasteiger partial charge in [0.25, 0.3) is 5.91 Å². The summed E-state index contributed by atoms with van der Waals surface area (Å²) in [6.07, 6.45) is 6.96. The number of fused-ring (bicyclic) bond motifs is 2. The van der Waals surface area contributed by atoms with Gasteiger partial charge in [-0.15, -0.1) is 11.3 Å². The fourth-order valence-electron chi connectivity index (χ4n) is 2.97. The van der Waals surface area contributed by atoms with E-state index in [1.165, 1.54) is 0 Å². The zero-order chi connectivity index (χ0) is 15.1. The van der Waals surface area contributed by atoms with Gasteiger partial charge in [0.15, 0.2) is 10.7 Å². The van der Waals surface area contributed by atoms with Crippen LogP contribution in [0.2, 0.25) is 0 Å². The van der Waals surface area contributed by atoms with Crippen LogP contribution in [0.4, 0.5) is 0 Å². The molecule has 0 unspecified atom stereocenters. The Labute approximate surface area is 131 Å². The Bertz CT molecular complexity index is 802. The second-order valence-electron chi connectivity index (χ2n) is 5.89. The molecule has 1 atom stereocenters. The monoisotopic (exact) mass is 315 g/mol. The third-order valence-corrected chi connectivity index (χ3v) is 4.95. The number of carbonyl (C=O) groups is 1. The Morgan fingerprint density at radius 2 is 2.50 bits per heavy atom. The number of nitrogens with one attached hydrogen (secondary N) is 2. The van der Waals surface area contributed by atoms with Crippen LogP contribution in [-0.4, -0.2) is 25.5 Å². The molecule has 0 bridgehead atoms. The van der Waals surface area contributed by atoms with E-state index in [0.717, 1.165) is 41.2 Å². The van der Waals surface area contributed by atoms with Gasteiger partial charge in [-0.1, -0.05) is 6.92 Å². The van der Waals surface area contributed by atoms with Gasteiger partial charge in [-0.2, -0.15) is 5.10 Å². The van der Waals surface area contributed by atoms with Crippen molar-refractivity contribution in [1.82, 2.24) is 24.9 Å². The lowest BCUT2D eigenvalue weighted by atomic mass is 9.87. The summed E-state index contributed by atoms with van der Waals surface area (Å²) in [5.74, 6) is 0.486. The average molecular weight is 315 g/mol. The molecule has 3 aromatic rings. The Kier molecular flexibility index (Phi) is 3.22. The maximum Gasteiger partial charge on any atom is 0.272 e. The largest absolute Gasteiger partial charge is 0.345 e. The average Bonchev–Trinajstić information content (AvgIpc) is 3.18. The summed E-state index contributed by atoms with van der Waals surface area (Å²) in [7, 11) is 0. The zero-order valence-corrected chi connectivity index (χ0v) is 13.1. The first-order valence-corrected chi connectivity index (χ1v) is 8.34. The highest BCUT2D eigenvalue weighted by molar-refractivity contribution is 7.15. The fourth-order valence-corrected chi connectivity index (χ4v) is 3.69. The topological polar surface area (TPSA) is 75.1 Å². The van der Waals surface area contributed by atoms with Crippen LogP contribution >= 0.6 is 11.3 Å². The predicted octanol–water partition coefficient (Wildman–Crippen LogP) is 2.17. The molecule has 6 nitrogen and oxygen atoms in total. The van der Waals surface area contributed by atoms with Gasteiger partial charge in [-0.3, -0.25) is 14.3 Å². The molecule has 1 amide bonds. The summed E-state index contributed by atoms with van der Waals surface area (Å²) in [6.45, 7) is 2.64. The molecule has 0 fully saturated rings. The molecule has 0 saturated carbocycles. The van der Waals surface area contributed by atoms with Crippen LogP contribution < -0.4 is 5.32 Å². The highest BCUT2D eigenvalue weighted by Crippen LogP contribution is 2.26. The number of aromatic amines is 1. The van der Waals surface area contributed by atoms with Crippen molar-refractivity contribution in [2.75, 3.05) is 0 Å². The molecule has 22 heavy (non-hydrogen) atoms. The second-order valence-corrected chi connectivity index (χ2v) is 6.76. The van der Waals surface area contributed by atoms with Crippen LogP contribution in [0.3, 0.4) is 0 Å². The van der Waals surface area contributed by atoms with Crippen molar-refractivity contribution in [3.05, 3.63) is 40.4 Å². The molecule has 114 valence electrons. The molecule has 0 spiro atoms. The minimum atomic E-state index is -0.122. The molecular weight excluding hydrogens is 298 g/mol. The van der Waals surface area contributed by atoms with Gasteiger partial charge >= 0.3 is 0 Å². The van der Waals surface area contributed by atoms with E-state index in [1.807, 2.05) is 22.2 Å². The highest BCUT2D eigenvalue weighted by atomic mass is 32.1. The first-order valence-electron chi connectivity index (χ1n) is 7.46. The Morgan fingerprint density at radius 1 is 1.59 bits per heavy atom. The van der Waals surface area contributed by atoms with E-state index < -0.39 is 0 Å². The number of carbonyl (C=O) groups excluding carboxylic acids is 1. The molecule has 0 saturated heterocycles. The van der Waals surface area contributed by atoms with Crippen molar-refractivity contribution in [2.24, 2.45) is 5.92 Å². The van der Waals surface area contributed by atoms with Gasteiger partial charge in [0.1, 0.15) is 0 Å². The zero-order valence-electron chi connectivity index (χ0n) is 12.3. The SMILES string of the molecule is C[C@H]1CCc2[nH]nc(C(=O)NCc3cn4ccsc4n3)c2C1. The summed E-state index contributed by atoms with van der Waals surface area (Å²) in [4.78, 5) is 17.8. The van der Waals surface area contributed by atoms with Crippen LogP contribution in [0.15, 0.2) is 17.8 Å². The van der Waals surface area contributed by atoms with Gasteiger partial charge in [0.2, 0.25) is 0 Å². The van der Waals surface area contributed by atoms with E-state index in [0.29, 0.717) is 18.2 Å². The number of thiazole rings is 1. The quantitative estimate of drug-likeness (QED) is 0.778. The van der Waals surface area contributed by atoms with Crippen molar-refractivity contribution in [3.8, 4) is 0 Å². The summed E-state index contributed by atoms with van der Waals surface area (Å²) >= 11 is 1.58. The molecule has 0 radical (unpaired) electrons. The molecule has 4 rings (SSSR count). The summed E-state index contributed by atoms with van der Waals surface area (Å²) < 4.78 is 1.96.